The van der Waals surface area contributed by atoms with Crippen molar-refractivity contribution in [3.05, 3.63) is 16.8 Å². The second-order valence-electron chi connectivity index (χ2n) is 4.46. The van der Waals surface area contributed by atoms with Crippen LogP contribution in [0.4, 0.5) is 5.95 Å². The van der Waals surface area contributed by atoms with Crippen LogP contribution in [0.2, 0.25) is 0 Å². The smallest absolute Gasteiger partial charge is 0.354 e. The molecule has 0 aromatic carbocycles. The molecule has 1 aliphatic rings. The van der Waals surface area contributed by atoms with Crippen LogP contribution in [0.3, 0.4) is 0 Å². The van der Waals surface area contributed by atoms with E-state index in [9.17, 15) is 15.0 Å². The van der Waals surface area contributed by atoms with E-state index in [1.807, 2.05) is 0 Å². The molecule has 1 fully saturated rings. The Balaban J connectivity index is 2.50. The Labute approximate surface area is 119 Å². The summed E-state index contributed by atoms with van der Waals surface area (Å²) < 4.78 is 6.34. The van der Waals surface area contributed by atoms with Gasteiger partial charge >= 0.3 is 5.69 Å². The Bertz CT molecular complexity index is 613. The summed E-state index contributed by atoms with van der Waals surface area (Å²) in [4.78, 5) is 17.2. The monoisotopic (exact) mass is 300 g/mol. The van der Waals surface area contributed by atoms with Gasteiger partial charge in [-0.3, -0.25) is 4.57 Å². The average molecular weight is 301 g/mol. The molecule has 0 bridgehead atoms. The standard InChI is InChI=1S/C11H13ClN4O4/c1-3-11(12)7(18)6(5(2)17)20-8(11)16-4-14-9(13)15-10(16)19/h1,4-8,17-18H,2H3,(H2,13,15,19)/t5-,6-,7+,8-,11?/m1/s1. The zero-order valence-electron chi connectivity index (χ0n) is 10.5. The molecule has 0 spiro atoms. The molecule has 1 saturated heterocycles. The third-order valence-corrected chi connectivity index (χ3v) is 3.60. The minimum atomic E-state index is -1.73. The van der Waals surface area contributed by atoms with Gasteiger partial charge < -0.3 is 20.7 Å². The third kappa shape index (κ3) is 2.14. The fraction of sp³-hybridized carbons (Fsp3) is 0.545. The van der Waals surface area contributed by atoms with Gasteiger partial charge in [-0.1, -0.05) is 17.5 Å². The molecule has 1 aliphatic heterocycles. The predicted molar refractivity (Wildman–Crippen MR) is 69.7 cm³/mol. The van der Waals surface area contributed by atoms with Gasteiger partial charge in [-0.25, -0.2) is 9.78 Å². The summed E-state index contributed by atoms with van der Waals surface area (Å²) in [7, 11) is 0. The summed E-state index contributed by atoms with van der Waals surface area (Å²) in [6, 6.07) is 0. The zero-order valence-corrected chi connectivity index (χ0v) is 11.2. The van der Waals surface area contributed by atoms with Crippen molar-refractivity contribution in [1.82, 2.24) is 14.5 Å². The summed E-state index contributed by atoms with van der Waals surface area (Å²) in [5.74, 6) is 1.99. The van der Waals surface area contributed by atoms with Gasteiger partial charge in [0.15, 0.2) is 11.1 Å². The molecule has 4 N–H and O–H groups in total. The highest BCUT2D eigenvalue weighted by Crippen LogP contribution is 2.43. The zero-order chi connectivity index (χ0) is 15.1. The molecule has 0 aliphatic carbocycles. The number of nitrogens with zero attached hydrogens (tertiary/aromatic N) is 3. The van der Waals surface area contributed by atoms with Gasteiger partial charge in [-0.05, 0) is 6.92 Å². The highest BCUT2D eigenvalue weighted by atomic mass is 35.5. The molecule has 1 aromatic rings. The lowest BCUT2D eigenvalue weighted by Crippen LogP contribution is -2.44. The lowest BCUT2D eigenvalue weighted by atomic mass is 9.97. The Kier molecular flexibility index (Phi) is 3.71. The van der Waals surface area contributed by atoms with Crippen molar-refractivity contribution in [3.8, 4) is 12.3 Å². The average Bonchev–Trinajstić information content (AvgIpc) is 2.64. The van der Waals surface area contributed by atoms with E-state index in [-0.39, 0.29) is 5.95 Å². The molecular formula is C11H13ClN4O4. The number of terminal acetylenes is 1. The van der Waals surface area contributed by atoms with Crippen LogP contribution in [-0.2, 0) is 4.74 Å². The van der Waals surface area contributed by atoms with Crippen LogP contribution in [0.1, 0.15) is 13.2 Å². The SMILES string of the molecule is C#CC1(Cl)[C@@H](O)[C@@H]([C@@H](C)O)O[C@H]1n1cnc(N)nc1=O. The lowest BCUT2D eigenvalue weighted by Gasteiger charge is -2.25. The van der Waals surface area contributed by atoms with Gasteiger partial charge in [-0.15, -0.1) is 6.42 Å². The maximum Gasteiger partial charge on any atom is 0.354 e. The van der Waals surface area contributed by atoms with Crippen molar-refractivity contribution in [1.29, 1.82) is 0 Å². The summed E-state index contributed by atoms with van der Waals surface area (Å²) in [6.07, 6.45) is 1.74. The normalized spacial score (nSPS) is 34.6. The fourth-order valence-corrected chi connectivity index (χ4v) is 2.31. The van der Waals surface area contributed by atoms with Crippen molar-refractivity contribution >= 4 is 17.5 Å². The van der Waals surface area contributed by atoms with Gasteiger partial charge in [0.05, 0.1) is 6.10 Å². The van der Waals surface area contributed by atoms with E-state index < -0.39 is 35.1 Å². The first-order valence-electron chi connectivity index (χ1n) is 5.70. The van der Waals surface area contributed by atoms with Crippen molar-refractivity contribution in [2.45, 2.75) is 36.3 Å². The van der Waals surface area contributed by atoms with Crippen molar-refractivity contribution in [2.75, 3.05) is 5.73 Å². The van der Waals surface area contributed by atoms with E-state index in [4.69, 9.17) is 28.5 Å². The summed E-state index contributed by atoms with van der Waals surface area (Å²) >= 11 is 6.19. The number of nitrogens with two attached hydrogens (primary N) is 1. The Morgan fingerprint density at radius 2 is 2.40 bits per heavy atom. The fourth-order valence-electron chi connectivity index (χ4n) is 2.03. The van der Waals surface area contributed by atoms with Crippen molar-refractivity contribution in [3.63, 3.8) is 0 Å². The second-order valence-corrected chi connectivity index (χ2v) is 5.08. The molecule has 0 saturated carbocycles. The van der Waals surface area contributed by atoms with E-state index in [1.165, 1.54) is 6.92 Å². The Morgan fingerprint density at radius 1 is 1.75 bits per heavy atom. The minimum Gasteiger partial charge on any atom is -0.391 e. The minimum absolute atomic E-state index is 0.210. The predicted octanol–water partition coefficient (Wildman–Crippen LogP) is -1.53. The summed E-state index contributed by atoms with van der Waals surface area (Å²) in [5.41, 5.74) is 4.51. The summed E-state index contributed by atoms with van der Waals surface area (Å²) in [6.45, 7) is 1.41. The molecule has 20 heavy (non-hydrogen) atoms. The van der Waals surface area contributed by atoms with Gasteiger partial charge in [0, 0.05) is 0 Å². The Hall–Kier alpha value is -1.66. The first-order valence-corrected chi connectivity index (χ1v) is 6.08. The molecule has 5 atom stereocenters. The van der Waals surface area contributed by atoms with Gasteiger partial charge in [0.2, 0.25) is 5.95 Å². The largest absolute Gasteiger partial charge is 0.391 e. The molecule has 108 valence electrons. The maximum atomic E-state index is 11.8. The molecule has 1 unspecified atom stereocenters. The van der Waals surface area contributed by atoms with Crippen LogP contribution in [0, 0.1) is 12.3 Å². The number of anilines is 1. The molecule has 9 heteroatoms. The number of ether oxygens (including phenoxy) is 1. The number of aliphatic hydroxyl groups excluding tert-OH is 2. The van der Waals surface area contributed by atoms with E-state index in [1.54, 1.807) is 0 Å². The van der Waals surface area contributed by atoms with E-state index in [2.05, 4.69) is 15.9 Å². The number of hydrogen-bond acceptors (Lipinski definition) is 7. The van der Waals surface area contributed by atoms with Crippen molar-refractivity contribution < 1.29 is 14.9 Å². The Morgan fingerprint density at radius 3 is 2.90 bits per heavy atom. The number of nitrogen functional groups attached to an aromatic ring is 1. The highest BCUT2D eigenvalue weighted by Gasteiger charge is 2.57. The topological polar surface area (TPSA) is 123 Å². The van der Waals surface area contributed by atoms with E-state index in [0.717, 1.165) is 10.9 Å². The van der Waals surface area contributed by atoms with E-state index in [0.29, 0.717) is 0 Å². The van der Waals surface area contributed by atoms with Crippen LogP contribution in [0.25, 0.3) is 0 Å². The van der Waals surface area contributed by atoms with Crippen LogP contribution >= 0.6 is 11.6 Å². The first-order chi connectivity index (χ1) is 9.31. The number of halogens is 1. The van der Waals surface area contributed by atoms with Gasteiger partial charge in [0.1, 0.15) is 18.5 Å². The second kappa shape index (κ2) is 5.03. The molecule has 8 nitrogen and oxygen atoms in total. The van der Waals surface area contributed by atoms with Crippen LogP contribution < -0.4 is 11.4 Å². The molecule has 0 radical (unpaired) electrons. The van der Waals surface area contributed by atoms with E-state index >= 15 is 0 Å². The number of alkyl halides is 1. The van der Waals surface area contributed by atoms with Gasteiger partial charge in [-0.2, -0.15) is 4.98 Å². The van der Waals surface area contributed by atoms with Gasteiger partial charge in [0.25, 0.3) is 0 Å². The van der Waals surface area contributed by atoms with Crippen LogP contribution in [0.15, 0.2) is 11.1 Å². The summed E-state index contributed by atoms with van der Waals surface area (Å²) in [5, 5.41) is 19.7. The molecular weight excluding hydrogens is 288 g/mol. The molecule has 1 aromatic heterocycles. The van der Waals surface area contributed by atoms with Crippen LogP contribution in [0.5, 0.6) is 0 Å². The van der Waals surface area contributed by atoms with Crippen molar-refractivity contribution in [2.24, 2.45) is 0 Å². The number of rotatable bonds is 2. The lowest BCUT2D eigenvalue weighted by molar-refractivity contribution is -0.0775. The molecule has 0 amide bonds. The third-order valence-electron chi connectivity index (χ3n) is 3.08. The number of aliphatic hydroxyl groups is 2. The molecule has 2 rings (SSSR count). The number of hydrogen-bond donors (Lipinski definition) is 3. The first kappa shape index (κ1) is 14.7. The maximum absolute atomic E-state index is 11.8. The molecule has 2 heterocycles. The highest BCUT2D eigenvalue weighted by molar-refractivity contribution is 6.27. The number of aromatic nitrogens is 3. The quantitative estimate of drug-likeness (QED) is 0.447. The van der Waals surface area contributed by atoms with Crippen LogP contribution in [-0.4, -0.2) is 47.9 Å².